The van der Waals surface area contributed by atoms with Gasteiger partial charge in [-0.25, -0.2) is 4.98 Å². The van der Waals surface area contributed by atoms with E-state index in [9.17, 15) is 9.59 Å². The molecule has 2 atom stereocenters. The number of nitrogens with zero attached hydrogens (tertiary/aromatic N) is 1. The quantitative estimate of drug-likeness (QED) is 0.712. The third kappa shape index (κ3) is 3.63. The van der Waals surface area contributed by atoms with Gasteiger partial charge in [0.25, 0.3) is 5.91 Å². The highest BCUT2D eigenvalue weighted by molar-refractivity contribution is 6.05. The Bertz CT molecular complexity index is 869. The first-order chi connectivity index (χ1) is 13.3. The van der Waals surface area contributed by atoms with E-state index in [-0.39, 0.29) is 17.9 Å². The highest BCUT2D eigenvalue weighted by Crippen LogP contribution is 2.50. The highest BCUT2D eigenvalue weighted by Gasteiger charge is 2.62. The SMILES string of the molecule is CCOC1CC(N)(C(=O)Nc2cccc(C(=O)Nc3ccccn3)c2)C1(C)C. The van der Waals surface area contributed by atoms with Crippen LogP contribution in [0.3, 0.4) is 0 Å². The Labute approximate surface area is 164 Å². The lowest BCUT2D eigenvalue weighted by Crippen LogP contribution is -2.74. The maximum atomic E-state index is 12.9. The molecule has 1 fully saturated rings. The Balaban J connectivity index is 1.69. The zero-order valence-corrected chi connectivity index (χ0v) is 16.4. The summed E-state index contributed by atoms with van der Waals surface area (Å²) < 4.78 is 5.68. The molecular formula is C21H26N4O3. The van der Waals surface area contributed by atoms with E-state index in [4.69, 9.17) is 10.5 Å². The molecule has 148 valence electrons. The summed E-state index contributed by atoms with van der Waals surface area (Å²) in [5.74, 6) is -0.130. The summed E-state index contributed by atoms with van der Waals surface area (Å²) in [4.78, 5) is 29.4. The summed E-state index contributed by atoms with van der Waals surface area (Å²) in [7, 11) is 0. The minimum Gasteiger partial charge on any atom is -0.378 e. The van der Waals surface area contributed by atoms with Crippen LogP contribution in [-0.2, 0) is 9.53 Å². The Hall–Kier alpha value is -2.77. The molecule has 1 aliphatic carbocycles. The van der Waals surface area contributed by atoms with Crippen LogP contribution in [0.4, 0.5) is 11.5 Å². The number of nitrogens with one attached hydrogen (secondary N) is 2. The van der Waals surface area contributed by atoms with E-state index in [1.807, 2.05) is 20.8 Å². The standard InChI is InChI=1S/C21H26N4O3/c1-4-28-16-13-21(22,20(16,2)3)19(27)24-15-9-7-8-14(12-15)18(26)25-17-10-5-6-11-23-17/h5-12,16H,4,13,22H2,1-3H3,(H,24,27)(H,23,25,26). The van der Waals surface area contributed by atoms with Crippen molar-refractivity contribution < 1.29 is 14.3 Å². The van der Waals surface area contributed by atoms with Crippen LogP contribution in [0.25, 0.3) is 0 Å². The summed E-state index contributed by atoms with van der Waals surface area (Å²) >= 11 is 0. The molecule has 28 heavy (non-hydrogen) atoms. The molecular weight excluding hydrogens is 356 g/mol. The number of amides is 2. The third-order valence-corrected chi connectivity index (χ3v) is 5.52. The largest absolute Gasteiger partial charge is 0.378 e. The second kappa shape index (κ2) is 7.69. The van der Waals surface area contributed by atoms with Crippen molar-refractivity contribution in [2.75, 3.05) is 17.2 Å². The third-order valence-electron chi connectivity index (χ3n) is 5.52. The normalized spacial score (nSPS) is 22.8. The van der Waals surface area contributed by atoms with Gasteiger partial charge in [0.05, 0.1) is 6.10 Å². The van der Waals surface area contributed by atoms with Crippen molar-refractivity contribution in [3.63, 3.8) is 0 Å². The molecule has 1 saturated carbocycles. The van der Waals surface area contributed by atoms with Crippen molar-refractivity contribution in [2.24, 2.45) is 11.1 Å². The van der Waals surface area contributed by atoms with Gasteiger partial charge in [-0.2, -0.15) is 0 Å². The van der Waals surface area contributed by atoms with Crippen LogP contribution >= 0.6 is 0 Å². The Morgan fingerprint density at radius 3 is 2.64 bits per heavy atom. The van der Waals surface area contributed by atoms with E-state index in [0.717, 1.165) is 0 Å². The molecule has 0 spiro atoms. The molecule has 7 nitrogen and oxygen atoms in total. The number of nitrogens with two attached hydrogens (primary N) is 1. The Morgan fingerprint density at radius 2 is 2.00 bits per heavy atom. The van der Waals surface area contributed by atoms with E-state index < -0.39 is 11.0 Å². The van der Waals surface area contributed by atoms with Gasteiger partial charge in [0.2, 0.25) is 5.91 Å². The lowest BCUT2D eigenvalue weighted by molar-refractivity contribution is -0.166. The number of pyridine rings is 1. The molecule has 4 N–H and O–H groups in total. The van der Waals surface area contributed by atoms with E-state index >= 15 is 0 Å². The zero-order chi connectivity index (χ0) is 20.4. The topological polar surface area (TPSA) is 106 Å². The minimum absolute atomic E-state index is 0.0521. The zero-order valence-electron chi connectivity index (χ0n) is 16.4. The van der Waals surface area contributed by atoms with Crippen LogP contribution in [0.2, 0.25) is 0 Å². The Morgan fingerprint density at radius 1 is 1.21 bits per heavy atom. The fourth-order valence-corrected chi connectivity index (χ4v) is 3.43. The van der Waals surface area contributed by atoms with Gasteiger partial charge in [-0.1, -0.05) is 26.0 Å². The molecule has 3 rings (SSSR count). The summed E-state index contributed by atoms with van der Waals surface area (Å²) in [6, 6.07) is 12.0. The van der Waals surface area contributed by atoms with Crippen LogP contribution in [0.5, 0.6) is 0 Å². The second-order valence-electron chi connectivity index (χ2n) is 7.55. The molecule has 1 aromatic heterocycles. The van der Waals surface area contributed by atoms with Crippen molar-refractivity contribution in [1.29, 1.82) is 0 Å². The van der Waals surface area contributed by atoms with Crippen molar-refractivity contribution in [2.45, 2.75) is 38.8 Å². The van der Waals surface area contributed by atoms with Gasteiger partial charge in [-0.05, 0) is 37.3 Å². The number of hydrogen-bond donors (Lipinski definition) is 3. The monoisotopic (exact) mass is 382 g/mol. The first-order valence-corrected chi connectivity index (χ1v) is 9.32. The van der Waals surface area contributed by atoms with Gasteiger partial charge in [0.15, 0.2) is 0 Å². The summed E-state index contributed by atoms with van der Waals surface area (Å²) in [6.07, 6.45) is 2.01. The second-order valence-corrected chi connectivity index (χ2v) is 7.55. The predicted molar refractivity (Wildman–Crippen MR) is 108 cm³/mol. The molecule has 1 heterocycles. The summed E-state index contributed by atoms with van der Waals surface area (Å²) in [5, 5.41) is 5.57. The molecule has 0 radical (unpaired) electrons. The highest BCUT2D eigenvalue weighted by atomic mass is 16.5. The van der Waals surface area contributed by atoms with E-state index in [1.165, 1.54) is 0 Å². The maximum absolute atomic E-state index is 12.9. The number of rotatable bonds is 6. The minimum atomic E-state index is -1.03. The van der Waals surface area contributed by atoms with Crippen LogP contribution in [0.1, 0.15) is 37.6 Å². The first kappa shape index (κ1) is 20.0. The molecule has 2 unspecified atom stereocenters. The van der Waals surface area contributed by atoms with E-state index in [0.29, 0.717) is 30.1 Å². The number of carbonyl (C=O) groups excluding carboxylic acids is 2. The smallest absolute Gasteiger partial charge is 0.256 e. The molecule has 0 aliphatic heterocycles. The van der Waals surface area contributed by atoms with Crippen LogP contribution in [0.15, 0.2) is 48.7 Å². The number of anilines is 2. The molecule has 1 aromatic carbocycles. The molecule has 2 aromatic rings. The molecule has 0 bridgehead atoms. The maximum Gasteiger partial charge on any atom is 0.256 e. The number of benzene rings is 1. The number of ether oxygens (including phenoxy) is 1. The van der Waals surface area contributed by atoms with Crippen molar-refractivity contribution in [1.82, 2.24) is 4.98 Å². The fraction of sp³-hybridized carbons (Fsp3) is 0.381. The van der Waals surface area contributed by atoms with E-state index in [2.05, 4.69) is 15.6 Å². The van der Waals surface area contributed by atoms with Crippen LogP contribution < -0.4 is 16.4 Å². The molecule has 7 heteroatoms. The van der Waals surface area contributed by atoms with Crippen LogP contribution in [-0.4, -0.2) is 35.0 Å². The van der Waals surface area contributed by atoms with Crippen molar-refractivity contribution >= 4 is 23.3 Å². The summed E-state index contributed by atoms with van der Waals surface area (Å²) in [6.45, 7) is 6.38. The van der Waals surface area contributed by atoms with Crippen molar-refractivity contribution in [3.05, 3.63) is 54.2 Å². The average Bonchev–Trinajstić information content (AvgIpc) is 2.68. The Kier molecular flexibility index (Phi) is 5.49. The van der Waals surface area contributed by atoms with Gasteiger partial charge < -0.3 is 21.1 Å². The van der Waals surface area contributed by atoms with Gasteiger partial charge in [-0.3, -0.25) is 9.59 Å². The molecule has 2 amide bonds. The lowest BCUT2D eigenvalue weighted by atomic mass is 9.54. The lowest BCUT2D eigenvalue weighted by Gasteiger charge is -2.57. The number of hydrogen-bond acceptors (Lipinski definition) is 5. The van der Waals surface area contributed by atoms with Gasteiger partial charge >= 0.3 is 0 Å². The fourth-order valence-electron chi connectivity index (χ4n) is 3.43. The first-order valence-electron chi connectivity index (χ1n) is 9.32. The number of aromatic nitrogens is 1. The average molecular weight is 382 g/mol. The molecule has 1 aliphatic rings. The van der Waals surface area contributed by atoms with Crippen LogP contribution in [0, 0.1) is 5.41 Å². The van der Waals surface area contributed by atoms with E-state index in [1.54, 1.807) is 48.7 Å². The summed E-state index contributed by atoms with van der Waals surface area (Å²) in [5.41, 5.74) is 5.82. The molecule has 0 saturated heterocycles. The van der Waals surface area contributed by atoms with Gasteiger partial charge in [-0.15, -0.1) is 0 Å². The number of carbonyl (C=O) groups is 2. The predicted octanol–water partition coefficient (Wildman–Crippen LogP) is 2.80. The van der Waals surface area contributed by atoms with Crippen molar-refractivity contribution in [3.8, 4) is 0 Å². The van der Waals surface area contributed by atoms with Gasteiger partial charge in [0.1, 0.15) is 11.4 Å². The van der Waals surface area contributed by atoms with Gasteiger partial charge in [0, 0.05) is 35.9 Å².